The van der Waals surface area contributed by atoms with Crippen molar-refractivity contribution in [3.05, 3.63) is 81.4 Å². The highest BCUT2D eigenvalue weighted by Crippen LogP contribution is 2.36. The molecule has 12 heteroatoms. The van der Waals surface area contributed by atoms with Gasteiger partial charge in [-0.05, 0) is 58.3 Å². The monoisotopic (exact) mass is 497 g/mol. The molecule has 3 heterocycles. The summed E-state index contributed by atoms with van der Waals surface area (Å²) in [4.78, 5) is 28.6. The van der Waals surface area contributed by atoms with E-state index in [4.69, 9.17) is 16.2 Å². The van der Waals surface area contributed by atoms with Crippen molar-refractivity contribution in [3.63, 3.8) is 0 Å². The average molecular weight is 498 g/mol. The van der Waals surface area contributed by atoms with E-state index >= 15 is 0 Å². The lowest BCUT2D eigenvalue weighted by Gasteiger charge is -2.12. The molecule has 0 atom stereocenters. The zero-order chi connectivity index (χ0) is 24.0. The van der Waals surface area contributed by atoms with Gasteiger partial charge in [0.15, 0.2) is 0 Å². The van der Waals surface area contributed by atoms with Gasteiger partial charge in [0.2, 0.25) is 10.0 Å². The number of amides is 1. The molecule has 3 aromatic heterocycles. The van der Waals surface area contributed by atoms with Crippen LogP contribution >= 0.6 is 11.6 Å². The van der Waals surface area contributed by atoms with Crippen LogP contribution in [0.1, 0.15) is 16.1 Å². The Kier molecular flexibility index (Phi) is 5.22. The summed E-state index contributed by atoms with van der Waals surface area (Å²) in [6.07, 6.45) is 2.35. The first-order chi connectivity index (χ1) is 16.2. The Morgan fingerprint density at radius 2 is 1.94 bits per heavy atom. The molecule has 172 valence electrons. The first-order valence-corrected chi connectivity index (χ1v) is 12.2. The maximum atomic E-state index is 13.3. The van der Waals surface area contributed by atoms with E-state index in [0.29, 0.717) is 27.0 Å². The third-order valence-corrected chi connectivity index (χ3v) is 6.06. The normalized spacial score (nSPS) is 11.8. The Morgan fingerprint density at radius 1 is 1.15 bits per heavy atom. The van der Waals surface area contributed by atoms with E-state index < -0.39 is 21.5 Å². The molecule has 5 rings (SSSR count). The van der Waals surface area contributed by atoms with E-state index in [-0.39, 0.29) is 23.4 Å². The summed E-state index contributed by atoms with van der Waals surface area (Å²) in [5.41, 5.74) is 2.45. The van der Waals surface area contributed by atoms with E-state index in [9.17, 15) is 18.0 Å². The highest BCUT2D eigenvalue weighted by Gasteiger charge is 2.27. The van der Waals surface area contributed by atoms with Crippen LogP contribution in [0.15, 0.2) is 64.2 Å². The molecule has 0 aliphatic rings. The molecule has 0 saturated heterocycles. The Labute approximate surface area is 197 Å². The standard InChI is InChI=1S/C22H16ClN5O5S/c1-34(31,32)27-22(30)20-19(14-3-2-8-24-21(14)29)15-10-13(23)5-7-18(15)28(20)11-12-4-6-16-17(9-12)26-33-25-16/h2-10H,11H2,1H3,(H,24,29)(H,27,30). The molecule has 1 amide bonds. The van der Waals surface area contributed by atoms with Gasteiger partial charge >= 0.3 is 0 Å². The zero-order valence-corrected chi connectivity index (χ0v) is 19.1. The number of aromatic nitrogens is 4. The minimum absolute atomic E-state index is 0.00207. The number of nitrogens with one attached hydrogen (secondary N) is 2. The molecule has 0 aliphatic carbocycles. The molecule has 0 saturated carbocycles. The summed E-state index contributed by atoms with van der Waals surface area (Å²) in [5, 5.41) is 8.55. The van der Waals surface area contributed by atoms with Crippen molar-refractivity contribution in [1.82, 2.24) is 24.6 Å². The van der Waals surface area contributed by atoms with Crippen LogP contribution in [0.4, 0.5) is 0 Å². The number of H-pyrrole nitrogens is 1. The minimum Gasteiger partial charge on any atom is -0.331 e. The van der Waals surface area contributed by atoms with Crippen LogP contribution in [0.25, 0.3) is 33.1 Å². The van der Waals surface area contributed by atoms with E-state index in [0.717, 1.165) is 11.8 Å². The van der Waals surface area contributed by atoms with E-state index in [2.05, 4.69) is 15.3 Å². The predicted molar refractivity (Wildman–Crippen MR) is 126 cm³/mol. The number of benzene rings is 2. The Balaban J connectivity index is 1.82. The molecular formula is C22H16ClN5O5S. The third-order valence-electron chi connectivity index (χ3n) is 5.26. The van der Waals surface area contributed by atoms with Crippen LogP contribution < -0.4 is 10.3 Å². The van der Waals surface area contributed by atoms with Crippen molar-refractivity contribution in [1.29, 1.82) is 0 Å². The SMILES string of the molecule is CS(=O)(=O)NC(=O)c1c(-c2ccc[nH]c2=O)c2cc(Cl)ccc2n1Cc1ccc2nonc2c1. The molecule has 2 N–H and O–H groups in total. The van der Waals surface area contributed by atoms with Gasteiger partial charge in [0.25, 0.3) is 11.5 Å². The van der Waals surface area contributed by atoms with Crippen molar-refractivity contribution >= 4 is 49.5 Å². The number of pyridine rings is 1. The van der Waals surface area contributed by atoms with Crippen molar-refractivity contribution in [2.45, 2.75) is 6.54 Å². The number of sulfonamides is 1. The first kappa shape index (κ1) is 21.9. The van der Waals surface area contributed by atoms with Crippen molar-refractivity contribution in [2.24, 2.45) is 0 Å². The van der Waals surface area contributed by atoms with Crippen molar-refractivity contribution in [3.8, 4) is 11.1 Å². The second-order valence-electron chi connectivity index (χ2n) is 7.67. The van der Waals surface area contributed by atoms with E-state index in [1.807, 2.05) is 4.72 Å². The smallest absolute Gasteiger partial charge is 0.282 e. The summed E-state index contributed by atoms with van der Waals surface area (Å²) >= 11 is 6.26. The van der Waals surface area contributed by atoms with Crippen LogP contribution in [0, 0.1) is 0 Å². The van der Waals surface area contributed by atoms with Gasteiger partial charge in [-0.1, -0.05) is 17.7 Å². The molecule has 10 nitrogen and oxygen atoms in total. The number of aromatic amines is 1. The molecule has 0 radical (unpaired) electrons. The van der Waals surface area contributed by atoms with Gasteiger partial charge in [-0.3, -0.25) is 9.59 Å². The molecule has 0 spiro atoms. The fourth-order valence-corrected chi connectivity index (χ4v) is 4.55. The molecule has 34 heavy (non-hydrogen) atoms. The number of nitrogens with zero attached hydrogens (tertiary/aromatic N) is 3. The molecular weight excluding hydrogens is 482 g/mol. The number of fused-ring (bicyclic) bond motifs is 2. The van der Waals surface area contributed by atoms with Gasteiger partial charge in [0, 0.05) is 39.8 Å². The predicted octanol–water partition coefficient (Wildman–Crippen LogP) is 2.92. The van der Waals surface area contributed by atoms with Crippen LogP contribution in [0.5, 0.6) is 0 Å². The second kappa shape index (κ2) is 8.12. The summed E-state index contributed by atoms with van der Waals surface area (Å²) in [7, 11) is -3.89. The quantitative estimate of drug-likeness (QED) is 0.380. The van der Waals surface area contributed by atoms with Crippen molar-refractivity contribution in [2.75, 3.05) is 6.26 Å². The number of halogens is 1. The van der Waals surface area contributed by atoms with Crippen LogP contribution in [-0.2, 0) is 16.6 Å². The highest BCUT2D eigenvalue weighted by molar-refractivity contribution is 7.89. The summed E-state index contributed by atoms with van der Waals surface area (Å²) in [6.45, 7) is 0.165. The van der Waals surface area contributed by atoms with Gasteiger partial charge in [-0.15, -0.1) is 0 Å². The maximum absolute atomic E-state index is 13.3. The number of rotatable bonds is 5. The van der Waals surface area contributed by atoms with Gasteiger partial charge in [-0.25, -0.2) is 17.8 Å². The first-order valence-electron chi connectivity index (χ1n) is 9.94. The maximum Gasteiger partial charge on any atom is 0.282 e. The second-order valence-corrected chi connectivity index (χ2v) is 9.86. The van der Waals surface area contributed by atoms with Crippen LogP contribution in [-0.4, -0.2) is 40.4 Å². The Hall–Kier alpha value is -3.96. The lowest BCUT2D eigenvalue weighted by Crippen LogP contribution is -2.31. The molecule has 0 fully saturated rings. The van der Waals surface area contributed by atoms with Gasteiger partial charge in [-0.2, -0.15) is 0 Å². The minimum atomic E-state index is -3.89. The number of hydrogen-bond donors (Lipinski definition) is 2. The van der Waals surface area contributed by atoms with Gasteiger partial charge in [0.1, 0.15) is 16.7 Å². The molecule has 2 aromatic carbocycles. The Bertz CT molecular complexity index is 1750. The lowest BCUT2D eigenvalue weighted by molar-refractivity contribution is 0.0974. The number of carbonyl (C=O) groups is 1. The van der Waals surface area contributed by atoms with Crippen molar-refractivity contribution < 1.29 is 17.8 Å². The summed E-state index contributed by atoms with van der Waals surface area (Å²) < 4.78 is 32.3. The fraction of sp³-hybridized carbons (Fsp3) is 0.0909. The van der Waals surface area contributed by atoms with Crippen LogP contribution in [0.2, 0.25) is 5.02 Å². The third kappa shape index (κ3) is 3.95. The fourth-order valence-electron chi connectivity index (χ4n) is 3.94. The Morgan fingerprint density at radius 3 is 2.71 bits per heavy atom. The summed E-state index contributed by atoms with van der Waals surface area (Å²) in [5.74, 6) is -0.878. The van der Waals surface area contributed by atoms with Gasteiger partial charge < -0.3 is 9.55 Å². The van der Waals surface area contributed by atoms with Crippen LogP contribution in [0.3, 0.4) is 0 Å². The highest BCUT2D eigenvalue weighted by atomic mass is 35.5. The largest absolute Gasteiger partial charge is 0.331 e. The van der Waals surface area contributed by atoms with Gasteiger partial charge in [0.05, 0.1) is 6.26 Å². The average Bonchev–Trinajstić information content (AvgIpc) is 3.35. The van der Waals surface area contributed by atoms with E-state index in [1.165, 1.54) is 6.20 Å². The topological polar surface area (TPSA) is 140 Å². The van der Waals surface area contributed by atoms with E-state index in [1.54, 1.807) is 53.1 Å². The number of carbonyl (C=O) groups excluding carboxylic acids is 1. The summed E-state index contributed by atoms with van der Waals surface area (Å²) in [6, 6.07) is 13.5. The molecule has 0 aliphatic heterocycles. The molecule has 5 aromatic rings. The zero-order valence-electron chi connectivity index (χ0n) is 17.6. The number of hydrogen-bond acceptors (Lipinski definition) is 7. The molecule has 0 bridgehead atoms. The molecule has 0 unspecified atom stereocenters. The lowest BCUT2D eigenvalue weighted by atomic mass is 10.0.